The average molecular weight is 264 g/mol. The lowest BCUT2D eigenvalue weighted by Gasteiger charge is -2.03. The zero-order chi connectivity index (χ0) is 12.3. The van der Waals surface area contributed by atoms with Crippen molar-refractivity contribution in [2.24, 2.45) is 0 Å². The third-order valence-corrected chi connectivity index (χ3v) is 4.36. The van der Waals surface area contributed by atoms with Crippen molar-refractivity contribution in [2.45, 2.75) is 18.2 Å². The Morgan fingerprint density at radius 2 is 2.18 bits per heavy atom. The van der Waals surface area contributed by atoms with E-state index in [0.717, 1.165) is 15.5 Å². The Balaban J connectivity index is 2.02. The largest absolute Gasteiger partial charge is 0.293 e. The van der Waals surface area contributed by atoms with Crippen molar-refractivity contribution in [1.29, 1.82) is 0 Å². The zero-order valence-electron chi connectivity index (χ0n) is 9.64. The first-order valence-electron chi connectivity index (χ1n) is 5.16. The van der Waals surface area contributed by atoms with Gasteiger partial charge in [0.15, 0.2) is 10.1 Å². The van der Waals surface area contributed by atoms with Crippen molar-refractivity contribution >= 4 is 28.9 Å². The molecule has 0 bridgehead atoms. The predicted octanol–water partition coefficient (Wildman–Crippen LogP) is 3.13. The zero-order valence-corrected chi connectivity index (χ0v) is 11.3. The molecule has 0 aliphatic heterocycles. The molecular formula is C12H12N2OS2. The topological polar surface area (TPSA) is 42.9 Å². The summed E-state index contributed by atoms with van der Waals surface area (Å²) in [6, 6.07) is 5.81. The minimum atomic E-state index is 0.133. The molecule has 0 fully saturated rings. The Morgan fingerprint density at radius 1 is 1.35 bits per heavy atom. The van der Waals surface area contributed by atoms with Gasteiger partial charge in [0, 0.05) is 5.56 Å². The molecule has 1 aromatic heterocycles. The van der Waals surface area contributed by atoms with E-state index in [9.17, 15) is 4.79 Å². The van der Waals surface area contributed by atoms with Gasteiger partial charge in [0.2, 0.25) is 0 Å². The Hall–Kier alpha value is -1.20. The highest BCUT2D eigenvalue weighted by molar-refractivity contribution is 8.01. The number of carbonyl (C=O) groups is 1. The van der Waals surface area contributed by atoms with Crippen LogP contribution in [0.25, 0.3) is 0 Å². The molecule has 1 heterocycles. The van der Waals surface area contributed by atoms with Crippen LogP contribution in [0.1, 0.15) is 21.5 Å². The van der Waals surface area contributed by atoms with Crippen molar-refractivity contribution in [2.75, 3.05) is 5.75 Å². The first kappa shape index (κ1) is 12.3. The Morgan fingerprint density at radius 3 is 2.82 bits per heavy atom. The van der Waals surface area contributed by atoms with Crippen LogP contribution in [0, 0.1) is 13.8 Å². The summed E-state index contributed by atoms with van der Waals surface area (Å²) in [4.78, 5) is 11.9. The third kappa shape index (κ3) is 3.14. The number of hydrogen-bond donors (Lipinski definition) is 0. The number of benzene rings is 1. The van der Waals surface area contributed by atoms with Gasteiger partial charge in [-0.05, 0) is 31.0 Å². The van der Waals surface area contributed by atoms with E-state index in [1.54, 1.807) is 5.51 Å². The summed E-state index contributed by atoms with van der Waals surface area (Å²) in [7, 11) is 0. The molecule has 17 heavy (non-hydrogen) atoms. The molecule has 3 nitrogen and oxygen atoms in total. The van der Waals surface area contributed by atoms with Gasteiger partial charge in [-0.15, -0.1) is 10.2 Å². The molecule has 2 rings (SSSR count). The van der Waals surface area contributed by atoms with E-state index in [0.29, 0.717) is 5.75 Å². The van der Waals surface area contributed by atoms with Gasteiger partial charge in [-0.1, -0.05) is 35.2 Å². The van der Waals surface area contributed by atoms with E-state index in [-0.39, 0.29) is 5.78 Å². The second-order valence-electron chi connectivity index (χ2n) is 3.72. The second-order valence-corrected chi connectivity index (χ2v) is 5.77. The van der Waals surface area contributed by atoms with Gasteiger partial charge in [-0.25, -0.2) is 0 Å². The minimum absolute atomic E-state index is 0.133. The van der Waals surface area contributed by atoms with Crippen molar-refractivity contribution in [1.82, 2.24) is 10.2 Å². The Kier molecular flexibility index (Phi) is 3.91. The SMILES string of the molecule is Cc1ccc(C(=O)CSc2nncs2)cc1C. The molecule has 0 saturated carbocycles. The van der Waals surface area contributed by atoms with Crippen LogP contribution in [-0.2, 0) is 0 Å². The van der Waals surface area contributed by atoms with E-state index in [1.165, 1.54) is 28.7 Å². The quantitative estimate of drug-likeness (QED) is 0.628. The maximum absolute atomic E-state index is 11.9. The second kappa shape index (κ2) is 5.42. The molecule has 0 aliphatic rings. The number of aryl methyl sites for hydroxylation is 2. The summed E-state index contributed by atoms with van der Waals surface area (Å²) in [6.07, 6.45) is 0. The van der Waals surface area contributed by atoms with Crippen LogP contribution in [0.2, 0.25) is 0 Å². The van der Waals surface area contributed by atoms with Gasteiger partial charge in [-0.2, -0.15) is 0 Å². The maximum atomic E-state index is 11.9. The molecule has 0 saturated heterocycles. The Bertz CT molecular complexity index is 523. The van der Waals surface area contributed by atoms with E-state index >= 15 is 0 Å². The molecule has 0 radical (unpaired) electrons. The average Bonchev–Trinajstić information content (AvgIpc) is 2.82. The summed E-state index contributed by atoms with van der Waals surface area (Å²) in [6.45, 7) is 4.06. The highest BCUT2D eigenvalue weighted by Gasteiger charge is 2.08. The Labute approximate surface area is 108 Å². The van der Waals surface area contributed by atoms with Crippen molar-refractivity contribution in [3.63, 3.8) is 0 Å². The molecule has 5 heteroatoms. The van der Waals surface area contributed by atoms with Gasteiger partial charge in [0.05, 0.1) is 5.75 Å². The molecule has 0 N–H and O–H groups in total. The van der Waals surface area contributed by atoms with Crippen LogP contribution in [0.5, 0.6) is 0 Å². The molecule has 1 aromatic carbocycles. The van der Waals surface area contributed by atoms with Crippen LogP contribution in [0.15, 0.2) is 28.0 Å². The molecule has 0 aliphatic carbocycles. The molecule has 0 unspecified atom stereocenters. The number of carbonyl (C=O) groups excluding carboxylic acids is 1. The van der Waals surface area contributed by atoms with Crippen LogP contribution in [0.3, 0.4) is 0 Å². The maximum Gasteiger partial charge on any atom is 0.174 e. The summed E-state index contributed by atoms with van der Waals surface area (Å²) in [5.41, 5.74) is 4.79. The van der Waals surface area contributed by atoms with Crippen molar-refractivity contribution in [3.05, 3.63) is 40.4 Å². The summed E-state index contributed by atoms with van der Waals surface area (Å²) in [5.74, 6) is 0.547. The number of Topliss-reactive ketones (excluding diaryl/α,β-unsaturated/α-hetero) is 1. The molecule has 0 amide bonds. The van der Waals surface area contributed by atoms with Crippen LogP contribution in [0.4, 0.5) is 0 Å². The minimum Gasteiger partial charge on any atom is -0.293 e. The summed E-state index contributed by atoms with van der Waals surface area (Å²) in [5, 5.41) is 7.63. The van der Waals surface area contributed by atoms with Crippen molar-refractivity contribution in [3.8, 4) is 0 Å². The highest BCUT2D eigenvalue weighted by atomic mass is 32.2. The van der Waals surface area contributed by atoms with Gasteiger partial charge in [0.25, 0.3) is 0 Å². The summed E-state index contributed by atoms with van der Waals surface area (Å²) >= 11 is 2.89. The number of rotatable bonds is 4. The van der Waals surface area contributed by atoms with Crippen molar-refractivity contribution < 1.29 is 4.79 Å². The van der Waals surface area contributed by atoms with Crippen LogP contribution >= 0.6 is 23.1 Å². The fraction of sp³-hybridized carbons (Fsp3) is 0.250. The molecule has 88 valence electrons. The van der Waals surface area contributed by atoms with Gasteiger partial charge >= 0.3 is 0 Å². The number of hydrogen-bond acceptors (Lipinski definition) is 5. The molecule has 0 spiro atoms. The first-order chi connectivity index (χ1) is 8.16. The standard InChI is InChI=1S/C12H12N2OS2/c1-8-3-4-10(5-9(8)2)11(15)6-16-12-14-13-7-17-12/h3-5,7H,6H2,1-2H3. The number of nitrogens with zero attached hydrogens (tertiary/aromatic N) is 2. The fourth-order valence-electron chi connectivity index (χ4n) is 1.35. The van der Waals surface area contributed by atoms with Gasteiger partial charge in [0.1, 0.15) is 5.51 Å². The highest BCUT2D eigenvalue weighted by Crippen LogP contribution is 2.20. The lowest BCUT2D eigenvalue weighted by atomic mass is 10.0. The first-order valence-corrected chi connectivity index (χ1v) is 7.03. The third-order valence-electron chi connectivity index (χ3n) is 2.50. The smallest absolute Gasteiger partial charge is 0.174 e. The molecule has 0 atom stereocenters. The lowest BCUT2D eigenvalue weighted by Crippen LogP contribution is -2.03. The normalized spacial score (nSPS) is 10.5. The monoisotopic (exact) mass is 264 g/mol. The number of thioether (sulfide) groups is 1. The van der Waals surface area contributed by atoms with E-state index < -0.39 is 0 Å². The molecular weight excluding hydrogens is 252 g/mol. The summed E-state index contributed by atoms with van der Waals surface area (Å²) < 4.78 is 0.835. The number of aromatic nitrogens is 2. The lowest BCUT2D eigenvalue weighted by molar-refractivity contribution is 0.102. The van der Waals surface area contributed by atoms with Gasteiger partial charge in [-0.3, -0.25) is 4.79 Å². The van der Waals surface area contributed by atoms with Gasteiger partial charge < -0.3 is 0 Å². The van der Waals surface area contributed by atoms with Crippen LogP contribution in [-0.4, -0.2) is 21.7 Å². The van der Waals surface area contributed by atoms with Crippen LogP contribution < -0.4 is 0 Å². The molecule has 2 aromatic rings. The fourth-order valence-corrected chi connectivity index (χ4v) is 2.73. The van der Waals surface area contributed by atoms with E-state index in [1.807, 2.05) is 32.0 Å². The van der Waals surface area contributed by atoms with E-state index in [2.05, 4.69) is 10.2 Å². The predicted molar refractivity (Wildman–Crippen MR) is 70.9 cm³/mol. The van der Waals surface area contributed by atoms with E-state index in [4.69, 9.17) is 0 Å². The number of ketones is 1.